The molecule has 0 atom stereocenters. The lowest BCUT2D eigenvalue weighted by molar-refractivity contribution is -0.137. The van der Waals surface area contributed by atoms with Crippen molar-refractivity contribution in [3.05, 3.63) is 42.1 Å². The van der Waals surface area contributed by atoms with Gasteiger partial charge in [-0.3, -0.25) is 19.1 Å². The van der Waals surface area contributed by atoms with E-state index in [2.05, 4.69) is 10.4 Å². The summed E-state index contributed by atoms with van der Waals surface area (Å²) in [6.07, 6.45) is 2.88. The molecular formula is C16H16N4O4. The Morgan fingerprint density at radius 3 is 2.58 bits per heavy atom. The number of nitrogens with one attached hydrogen (secondary N) is 1. The van der Waals surface area contributed by atoms with Crippen LogP contribution in [-0.2, 0) is 16.1 Å². The molecule has 2 heterocycles. The van der Waals surface area contributed by atoms with Crippen LogP contribution in [0.2, 0.25) is 0 Å². The number of benzene rings is 1. The van der Waals surface area contributed by atoms with E-state index < -0.39 is 5.97 Å². The van der Waals surface area contributed by atoms with E-state index in [0.29, 0.717) is 18.5 Å². The summed E-state index contributed by atoms with van der Waals surface area (Å²) in [4.78, 5) is 36.2. The lowest BCUT2D eigenvalue weighted by Gasteiger charge is -2.15. The van der Waals surface area contributed by atoms with E-state index in [0.717, 1.165) is 12.1 Å². The van der Waals surface area contributed by atoms with Gasteiger partial charge in [0.2, 0.25) is 5.91 Å². The third kappa shape index (κ3) is 3.43. The number of rotatable bonds is 5. The zero-order valence-electron chi connectivity index (χ0n) is 12.8. The van der Waals surface area contributed by atoms with Gasteiger partial charge in [0.25, 0.3) is 5.91 Å². The summed E-state index contributed by atoms with van der Waals surface area (Å²) < 4.78 is 1.22. The van der Waals surface area contributed by atoms with Gasteiger partial charge in [0, 0.05) is 36.5 Å². The first-order chi connectivity index (χ1) is 11.5. The summed E-state index contributed by atoms with van der Waals surface area (Å²) in [5.41, 5.74) is 1.21. The SMILES string of the molecule is O=C(O)Cn1ccc(NC(=O)c2ccc(N3CCCC3=O)cc2)n1. The predicted molar refractivity (Wildman–Crippen MR) is 85.8 cm³/mol. The number of carbonyl (C=O) groups is 3. The second-order valence-corrected chi connectivity index (χ2v) is 5.44. The van der Waals surface area contributed by atoms with Gasteiger partial charge in [-0.05, 0) is 30.7 Å². The molecule has 0 unspecified atom stereocenters. The third-order valence-electron chi connectivity index (χ3n) is 3.69. The number of aliphatic carboxylic acids is 1. The van der Waals surface area contributed by atoms with Gasteiger partial charge in [0.1, 0.15) is 6.54 Å². The molecule has 1 aliphatic heterocycles. The van der Waals surface area contributed by atoms with Crippen LogP contribution in [0.5, 0.6) is 0 Å². The zero-order chi connectivity index (χ0) is 17.1. The van der Waals surface area contributed by atoms with Crippen LogP contribution in [0.4, 0.5) is 11.5 Å². The normalized spacial score (nSPS) is 14.0. The third-order valence-corrected chi connectivity index (χ3v) is 3.69. The monoisotopic (exact) mass is 328 g/mol. The van der Waals surface area contributed by atoms with E-state index in [4.69, 9.17) is 5.11 Å². The molecule has 8 heteroatoms. The van der Waals surface area contributed by atoms with Crippen LogP contribution >= 0.6 is 0 Å². The standard InChI is InChI=1S/C16H16N4O4/c21-14-2-1-8-20(14)12-5-3-11(4-6-12)16(24)17-13-7-9-19(18-13)10-15(22)23/h3-7,9H,1-2,8,10H2,(H,22,23)(H,17,18,24). The maximum atomic E-state index is 12.2. The predicted octanol–water partition coefficient (Wildman–Crippen LogP) is 1.35. The van der Waals surface area contributed by atoms with Gasteiger partial charge in [-0.15, -0.1) is 0 Å². The first-order valence-corrected chi connectivity index (χ1v) is 7.50. The molecule has 8 nitrogen and oxygen atoms in total. The van der Waals surface area contributed by atoms with Gasteiger partial charge in [-0.25, -0.2) is 0 Å². The maximum absolute atomic E-state index is 12.2. The van der Waals surface area contributed by atoms with Crippen LogP contribution in [0.25, 0.3) is 0 Å². The highest BCUT2D eigenvalue weighted by atomic mass is 16.4. The first-order valence-electron chi connectivity index (χ1n) is 7.50. The lowest BCUT2D eigenvalue weighted by atomic mass is 10.2. The van der Waals surface area contributed by atoms with Gasteiger partial charge in [-0.1, -0.05) is 0 Å². The molecule has 24 heavy (non-hydrogen) atoms. The number of anilines is 2. The van der Waals surface area contributed by atoms with Crippen molar-refractivity contribution in [2.24, 2.45) is 0 Å². The Morgan fingerprint density at radius 2 is 1.96 bits per heavy atom. The van der Waals surface area contributed by atoms with E-state index in [1.165, 1.54) is 16.9 Å². The Hall–Kier alpha value is -3.16. The highest BCUT2D eigenvalue weighted by Gasteiger charge is 2.21. The Bertz CT molecular complexity index is 782. The zero-order valence-corrected chi connectivity index (χ0v) is 12.8. The van der Waals surface area contributed by atoms with Gasteiger partial charge >= 0.3 is 5.97 Å². The summed E-state index contributed by atoms with van der Waals surface area (Å²) in [5, 5.41) is 15.3. The van der Waals surface area contributed by atoms with Crippen LogP contribution in [0.1, 0.15) is 23.2 Å². The number of carbonyl (C=O) groups excluding carboxylic acids is 2. The average molecular weight is 328 g/mol. The van der Waals surface area contributed by atoms with Crippen molar-refractivity contribution < 1.29 is 19.5 Å². The van der Waals surface area contributed by atoms with Gasteiger partial charge in [0.05, 0.1) is 0 Å². The molecule has 124 valence electrons. The van der Waals surface area contributed by atoms with Crippen molar-refractivity contribution in [1.82, 2.24) is 9.78 Å². The van der Waals surface area contributed by atoms with Crippen molar-refractivity contribution in [3.63, 3.8) is 0 Å². The quantitative estimate of drug-likeness (QED) is 0.862. The molecule has 0 radical (unpaired) electrons. The highest BCUT2D eigenvalue weighted by molar-refractivity contribution is 6.04. The Kier molecular flexibility index (Phi) is 4.28. The second-order valence-electron chi connectivity index (χ2n) is 5.44. The Labute approximate surface area is 137 Å². The number of carboxylic acids is 1. The fourth-order valence-corrected chi connectivity index (χ4v) is 2.56. The minimum atomic E-state index is -1.01. The molecule has 1 aromatic heterocycles. The molecule has 1 fully saturated rings. The summed E-state index contributed by atoms with van der Waals surface area (Å²) in [5.74, 6) is -0.992. The molecule has 3 rings (SSSR count). The fourth-order valence-electron chi connectivity index (χ4n) is 2.56. The molecule has 0 spiro atoms. The van der Waals surface area contributed by atoms with Crippen molar-refractivity contribution in [2.75, 3.05) is 16.8 Å². The molecule has 1 aromatic carbocycles. The van der Waals surface area contributed by atoms with Crippen molar-refractivity contribution >= 4 is 29.3 Å². The van der Waals surface area contributed by atoms with E-state index in [9.17, 15) is 14.4 Å². The maximum Gasteiger partial charge on any atom is 0.325 e. The smallest absolute Gasteiger partial charge is 0.325 e. The van der Waals surface area contributed by atoms with Crippen molar-refractivity contribution in [2.45, 2.75) is 19.4 Å². The number of hydrogen-bond donors (Lipinski definition) is 2. The first kappa shape index (κ1) is 15.7. The summed E-state index contributed by atoms with van der Waals surface area (Å²) >= 11 is 0. The summed E-state index contributed by atoms with van der Waals surface area (Å²) in [6, 6.07) is 8.29. The van der Waals surface area contributed by atoms with Crippen LogP contribution < -0.4 is 10.2 Å². The Balaban J connectivity index is 1.65. The van der Waals surface area contributed by atoms with E-state index in [-0.39, 0.29) is 24.2 Å². The number of nitrogens with zero attached hydrogens (tertiary/aromatic N) is 3. The number of aromatic nitrogens is 2. The van der Waals surface area contributed by atoms with Crippen molar-refractivity contribution in [1.29, 1.82) is 0 Å². The van der Waals surface area contributed by atoms with E-state index in [1.54, 1.807) is 29.2 Å². The summed E-state index contributed by atoms with van der Waals surface area (Å²) in [7, 11) is 0. The molecule has 0 saturated carbocycles. The minimum absolute atomic E-state index is 0.0937. The van der Waals surface area contributed by atoms with Crippen LogP contribution in [-0.4, -0.2) is 39.2 Å². The topological polar surface area (TPSA) is 105 Å². The molecular weight excluding hydrogens is 312 g/mol. The van der Waals surface area contributed by atoms with E-state index in [1.807, 2.05) is 0 Å². The second kappa shape index (κ2) is 6.53. The van der Waals surface area contributed by atoms with Gasteiger partial charge < -0.3 is 15.3 Å². The molecule has 0 bridgehead atoms. The van der Waals surface area contributed by atoms with Crippen LogP contribution in [0, 0.1) is 0 Å². The summed E-state index contributed by atoms with van der Waals surface area (Å²) in [6.45, 7) is 0.430. The molecule has 2 aromatic rings. The minimum Gasteiger partial charge on any atom is -0.480 e. The van der Waals surface area contributed by atoms with Crippen LogP contribution in [0.15, 0.2) is 36.5 Å². The van der Waals surface area contributed by atoms with E-state index >= 15 is 0 Å². The highest BCUT2D eigenvalue weighted by Crippen LogP contribution is 2.21. The Morgan fingerprint density at radius 1 is 1.21 bits per heavy atom. The average Bonchev–Trinajstić information content (AvgIpc) is 3.16. The molecule has 2 N–H and O–H groups in total. The fraction of sp³-hybridized carbons (Fsp3) is 0.250. The van der Waals surface area contributed by atoms with Gasteiger partial charge in [0.15, 0.2) is 5.82 Å². The molecule has 1 saturated heterocycles. The number of amides is 2. The van der Waals surface area contributed by atoms with Crippen molar-refractivity contribution in [3.8, 4) is 0 Å². The lowest BCUT2D eigenvalue weighted by Crippen LogP contribution is -2.23. The molecule has 1 aliphatic rings. The molecule has 0 aliphatic carbocycles. The number of hydrogen-bond acceptors (Lipinski definition) is 4. The molecule has 2 amide bonds. The van der Waals surface area contributed by atoms with Crippen LogP contribution in [0.3, 0.4) is 0 Å². The van der Waals surface area contributed by atoms with Gasteiger partial charge in [-0.2, -0.15) is 5.10 Å². The largest absolute Gasteiger partial charge is 0.480 e. The number of carboxylic acid groups (broad SMARTS) is 1.